The molecular weight excluding hydrogens is 448 g/mol. The second-order valence-corrected chi connectivity index (χ2v) is 11.0. The molecule has 0 aromatic heterocycles. The highest BCUT2D eigenvalue weighted by atomic mass is 32.2. The lowest BCUT2D eigenvalue weighted by atomic mass is 10.0. The highest BCUT2D eigenvalue weighted by Gasteiger charge is 2.37. The van der Waals surface area contributed by atoms with Gasteiger partial charge in [0, 0.05) is 25.7 Å². The third-order valence-electron chi connectivity index (χ3n) is 6.54. The Morgan fingerprint density at radius 1 is 0.971 bits per heavy atom. The van der Waals surface area contributed by atoms with Crippen molar-refractivity contribution in [3.63, 3.8) is 0 Å². The molecule has 1 unspecified atom stereocenters. The second kappa shape index (κ2) is 9.31. The zero-order valence-electron chi connectivity index (χ0n) is 19.6. The Morgan fingerprint density at radius 3 is 2.44 bits per heavy atom. The predicted molar refractivity (Wildman–Crippen MR) is 133 cm³/mol. The first-order chi connectivity index (χ1) is 16.4. The molecule has 2 aliphatic rings. The number of fused-ring (bicyclic) bond motifs is 1. The fourth-order valence-corrected chi connectivity index (χ4v) is 6.36. The minimum Gasteiger partial charge on any atom is -0.454 e. The van der Waals surface area contributed by atoms with E-state index >= 15 is 0 Å². The van der Waals surface area contributed by atoms with Crippen LogP contribution in [0.4, 0.5) is 5.69 Å². The van der Waals surface area contributed by atoms with Crippen LogP contribution in [0.1, 0.15) is 37.3 Å². The van der Waals surface area contributed by atoms with Crippen LogP contribution >= 0.6 is 0 Å². The van der Waals surface area contributed by atoms with Gasteiger partial charge in [-0.15, -0.1) is 0 Å². The standard InChI is InChI=1S/C27H30N2O4S/c1-20(2)22-8-11-25(12-9-22)34(30,31)29(23-10-13-26-27(16-23)33-19-32-26)24-14-15-28(18-24)17-21-6-4-3-5-7-21/h3-13,16,20,24H,14-15,17-19H2,1-2H3. The van der Waals surface area contributed by atoms with Gasteiger partial charge in [-0.05, 0) is 47.7 Å². The third-order valence-corrected chi connectivity index (χ3v) is 8.44. The van der Waals surface area contributed by atoms with Gasteiger partial charge in [0.1, 0.15) is 0 Å². The average Bonchev–Trinajstić information content (AvgIpc) is 3.49. The first-order valence-corrected chi connectivity index (χ1v) is 13.2. The topological polar surface area (TPSA) is 59.1 Å². The van der Waals surface area contributed by atoms with Gasteiger partial charge in [0.15, 0.2) is 11.5 Å². The van der Waals surface area contributed by atoms with Crippen molar-refractivity contribution >= 4 is 15.7 Å². The summed E-state index contributed by atoms with van der Waals surface area (Å²) in [4.78, 5) is 2.62. The van der Waals surface area contributed by atoms with E-state index in [4.69, 9.17) is 9.47 Å². The van der Waals surface area contributed by atoms with Gasteiger partial charge in [-0.2, -0.15) is 0 Å². The fourth-order valence-electron chi connectivity index (χ4n) is 4.70. The number of benzene rings is 3. The summed E-state index contributed by atoms with van der Waals surface area (Å²) in [6.07, 6.45) is 0.755. The lowest BCUT2D eigenvalue weighted by Gasteiger charge is -2.31. The van der Waals surface area contributed by atoms with E-state index in [1.165, 1.54) is 5.56 Å². The van der Waals surface area contributed by atoms with Crippen LogP contribution in [0.3, 0.4) is 0 Å². The first-order valence-electron chi connectivity index (χ1n) is 11.7. The second-order valence-electron chi connectivity index (χ2n) is 9.23. The fraction of sp³-hybridized carbons (Fsp3) is 0.333. The van der Waals surface area contributed by atoms with Crippen LogP contribution in [-0.2, 0) is 16.6 Å². The lowest BCUT2D eigenvalue weighted by molar-refractivity contribution is 0.174. The third kappa shape index (κ3) is 4.50. The molecule has 0 saturated carbocycles. The van der Waals surface area contributed by atoms with Gasteiger partial charge in [-0.3, -0.25) is 9.21 Å². The largest absolute Gasteiger partial charge is 0.454 e. The summed E-state index contributed by atoms with van der Waals surface area (Å²) >= 11 is 0. The number of sulfonamides is 1. The van der Waals surface area contributed by atoms with E-state index in [0.29, 0.717) is 34.5 Å². The number of hydrogen-bond acceptors (Lipinski definition) is 5. The van der Waals surface area contributed by atoms with E-state index in [1.54, 1.807) is 28.6 Å². The predicted octanol–water partition coefficient (Wildman–Crippen LogP) is 5.01. The molecule has 178 valence electrons. The molecule has 34 heavy (non-hydrogen) atoms. The van der Waals surface area contributed by atoms with Crippen molar-refractivity contribution < 1.29 is 17.9 Å². The summed E-state index contributed by atoms with van der Waals surface area (Å²) in [5.74, 6) is 1.55. The molecular formula is C27H30N2O4S. The van der Waals surface area contributed by atoms with E-state index in [0.717, 1.165) is 25.1 Å². The van der Waals surface area contributed by atoms with Gasteiger partial charge in [-0.1, -0.05) is 56.3 Å². The number of nitrogens with zero attached hydrogens (tertiary/aromatic N) is 2. The van der Waals surface area contributed by atoms with Crippen LogP contribution in [0.25, 0.3) is 0 Å². The van der Waals surface area contributed by atoms with Gasteiger partial charge in [0.05, 0.1) is 16.6 Å². The maximum absolute atomic E-state index is 14.0. The van der Waals surface area contributed by atoms with Crippen LogP contribution in [-0.4, -0.2) is 39.2 Å². The minimum atomic E-state index is -3.78. The number of hydrogen-bond donors (Lipinski definition) is 0. The first kappa shape index (κ1) is 22.7. The Labute approximate surface area is 201 Å². The molecule has 7 heteroatoms. The zero-order valence-corrected chi connectivity index (χ0v) is 20.4. The van der Waals surface area contributed by atoms with E-state index < -0.39 is 10.0 Å². The van der Waals surface area contributed by atoms with Gasteiger partial charge in [0.2, 0.25) is 6.79 Å². The summed E-state index contributed by atoms with van der Waals surface area (Å²) in [6.45, 7) is 6.64. The van der Waals surface area contributed by atoms with Crippen molar-refractivity contribution in [3.05, 3.63) is 83.9 Å². The van der Waals surface area contributed by atoms with E-state index in [-0.39, 0.29) is 12.8 Å². The van der Waals surface area contributed by atoms with Crippen molar-refractivity contribution in [3.8, 4) is 11.5 Å². The van der Waals surface area contributed by atoms with Gasteiger partial charge in [-0.25, -0.2) is 8.42 Å². The molecule has 0 bridgehead atoms. The SMILES string of the molecule is CC(C)c1ccc(S(=O)(=O)N(c2ccc3c(c2)OCO3)C2CCN(Cc3ccccc3)C2)cc1. The number of rotatable bonds is 7. The summed E-state index contributed by atoms with van der Waals surface area (Å²) < 4.78 is 40.6. The van der Waals surface area contributed by atoms with Gasteiger partial charge < -0.3 is 9.47 Å². The molecule has 1 atom stereocenters. The van der Waals surface area contributed by atoms with Crippen molar-refractivity contribution in [1.82, 2.24) is 4.90 Å². The van der Waals surface area contributed by atoms with Crippen LogP contribution in [0.5, 0.6) is 11.5 Å². The van der Waals surface area contributed by atoms with E-state index in [9.17, 15) is 8.42 Å². The van der Waals surface area contributed by atoms with Crippen molar-refractivity contribution in [2.24, 2.45) is 0 Å². The summed E-state index contributed by atoms with van der Waals surface area (Å²) in [5, 5.41) is 0. The van der Waals surface area contributed by atoms with Crippen molar-refractivity contribution in [1.29, 1.82) is 0 Å². The molecule has 1 fully saturated rings. The Morgan fingerprint density at radius 2 is 1.71 bits per heavy atom. The number of likely N-dealkylation sites (tertiary alicyclic amines) is 1. The van der Waals surface area contributed by atoms with Crippen LogP contribution in [0.15, 0.2) is 77.7 Å². The zero-order chi connectivity index (χ0) is 23.7. The van der Waals surface area contributed by atoms with Gasteiger partial charge >= 0.3 is 0 Å². The monoisotopic (exact) mass is 478 g/mol. The molecule has 2 aliphatic heterocycles. The molecule has 2 heterocycles. The highest BCUT2D eigenvalue weighted by molar-refractivity contribution is 7.92. The van der Waals surface area contributed by atoms with E-state index in [2.05, 4.69) is 30.9 Å². The Bertz CT molecular complexity index is 1240. The van der Waals surface area contributed by atoms with Gasteiger partial charge in [0.25, 0.3) is 10.0 Å². The Balaban J connectivity index is 1.48. The molecule has 1 saturated heterocycles. The molecule has 6 nitrogen and oxygen atoms in total. The highest BCUT2D eigenvalue weighted by Crippen LogP contribution is 2.39. The molecule has 0 spiro atoms. The minimum absolute atomic E-state index is 0.149. The normalized spacial score (nSPS) is 17.9. The maximum Gasteiger partial charge on any atom is 0.264 e. The molecule has 3 aromatic carbocycles. The lowest BCUT2D eigenvalue weighted by Crippen LogP contribution is -2.42. The summed E-state index contributed by atoms with van der Waals surface area (Å²) in [6, 6.07) is 22.8. The summed E-state index contributed by atoms with van der Waals surface area (Å²) in [5.41, 5.74) is 2.94. The maximum atomic E-state index is 14.0. The number of anilines is 1. The van der Waals surface area contributed by atoms with Crippen molar-refractivity contribution in [2.75, 3.05) is 24.2 Å². The Kier molecular flexibility index (Phi) is 6.23. The van der Waals surface area contributed by atoms with Crippen LogP contribution in [0.2, 0.25) is 0 Å². The number of ether oxygens (including phenoxy) is 2. The molecule has 0 amide bonds. The molecule has 0 N–H and O–H groups in total. The van der Waals surface area contributed by atoms with Crippen LogP contribution < -0.4 is 13.8 Å². The smallest absolute Gasteiger partial charge is 0.264 e. The average molecular weight is 479 g/mol. The molecule has 0 radical (unpaired) electrons. The van der Waals surface area contributed by atoms with Crippen molar-refractivity contribution in [2.45, 2.75) is 43.7 Å². The van der Waals surface area contributed by atoms with Crippen LogP contribution in [0, 0.1) is 0 Å². The molecule has 0 aliphatic carbocycles. The summed E-state index contributed by atoms with van der Waals surface area (Å²) in [7, 11) is -3.78. The molecule has 5 rings (SSSR count). The Hall–Kier alpha value is -3.03. The molecule has 3 aromatic rings. The van der Waals surface area contributed by atoms with E-state index in [1.807, 2.05) is 36.4 Å². The quantitative estimate of drug-likeness (QED) is 0.478.